The molecule has 2 aromatic rings. The highest BCUT2D eigenvalue weighted by atomic mass is 16.6. The van der Waals surface area contributed by atoms with Crippen molar-refractivity contribution >= 4 is 30.1 Å². The first kappa shape index (κ1) is 19.6. The summed E-state index contributed by atoms with van der Waals surface area (Å²) < 4.78 is 19.9. The molecule has 0 unspecified atom stereocenters. The van der Waals surface area contributed by atoms with E-state index in [9.17, 15) is 19.2 Å². The van der Waals surface area contributed by atoms with Gasteiger partial charge in [0.25, 0.3) is 0 Å². The highest BCUT2D eigenvalue weighted by Gasteiger charge is 2.10. The predicted octanol–water partition coefficient (Wildman–Crippen LogP) is 2.59. The topological polar surface area (TPSA) is 109 Å². The van der Waals surface area contributed by atoms with Crippen LogP contribution < -0.4 is 19.8 Å². The van der Waals surface area contributed by atoms with E-state index in [2.05, 4.69) is 0 Å². The molecule has 1 heterocycles. The van der Waals surface area contributed by atoms with Crippen LogP contribution in [0.15, 0.2) is 39.5 Å². The molecule has 0 amide bonds. The fourth-order valence-corrected chi connectivity index (χ4v) is 2.06. The van der Waals surface area contributed by atoms with Crippen molar-refractivity contribution in [1.29, 1.82) is 0 Å². The summed E-state index contributed by atoms with van der Waals surface area (Å²) in [7, 11) is 0. The highest BCUT2D eigenvalue weighted by molar-refractivity contribution is 5.76. The van der Waals surface area contributed by atoms with Crippen molar-refractivity contribution in [3.63, 3.8) is 0 Å². The highest BCUT2D eigenvalue weighted by Crippen LogP contribution is 2.29. The van der Waals surface area contributed by atoms with Gasteiger partial charge in [0.1, 0.15) is 11.5 Å². The lowest BCUT2D eigenvalue weighted by Gasteiger charge is -2.09. The molecule has 1 aromatic carbocycles. The molecule has 8 nitrogen and oxygen atoms in total. The fourth-order valence-electron chi connectivity index (χ4n) is 2.06. The van der Waals surface area contributed by atoms with E-state index < -0.39 is 23.5 Å². The number of rotatable bonds is 5. The average molecular weight is 372 g/mol. The van der Waals surface area contributed by atoms with Crippen molar-refractivity contribution in [2.45, 2.75) is 20.8 Å². The second-order valence-electron chi connectivity index (χ2n) is 5.33. The quantitative estimate of drug-likeness (QED) is 0.582. The van der Waals surface area contributed by atoms with E-state index in [0.717, 1.165) is 6.07 Å². The molecule has 8 heteroatoms. The SMILES string of the molecule is CC(=O)Oc1cc(C=Cc2ccc(OC(C)=O)c(OC(C)=O)c2)oc(=O)c1. The summed E-state index contributed by atoms with van der Waals surface area (Å²) in [4.78, 5) is 44.9. The van der Waals surface area contributed by atoms with Gasteiger partial charge in [-0.05, 0) is 23.8 Å². The first-order valence-electron chi connectivity index (χ1n) is 7.75. The zero-order valence-corrected chi connectivity index (χ0v) is 14.8. The Morgan fingerprint density at radius 2 is 1.44 bits per heavy atom. The molecule has 0 radical (unpaired) electrons. The number of ether oxygens (including phenoxy) is 3. The van der Waals surface area contributed by atoms with Gasteiger partial charge in [-0.1, -0.05) is 12.1 Å². The van der Waals surface area contributed by atoms with Crippen LogP contribution in [0.2, 0.25) is 0 Å². The molecule has 0 aliphatic carbocycles. The third kappa shape index (κ3) is 6.28. The average Bonchev–Trinajstić information content (AvgIpc) is 2.53. The Labute approximate surface area is 154 Å². The van der Waals surface area contributed by atoms with Crippen LogP contribution in [-0.2, 0) is 14.4 Å². The Hall–Kier alpha value is -3.68. The smallest absolute Gasteiger partial charge is 0.339 e. The molecule has 0 aliphatic rings. The minimum Gasteiger partial charge on any atom is -0.426 e. The van der Waals surface area contributed by atoms with E-state index in [4.69, 9.17) is 18.6 Å². The molecule has 0 atom stereocenters. The third-order valence-electron chi connectivity index (χ3n) is 2.94. The molecule has 0 N–H and O–H groups in total. The van der Waals surface area contributed by atoms with E-state index in [1.807, 2.05) is 0 Å². The van der Waals surface area contributed by atoms with Crippen molar-refractivity contribution in [3.05, 3.63) is 52.1 Å². The lowest BCUT2D eigenvalue weighted by atomic mass is 10.1. The van der Waals surface area contributed by atoms with Crippen LogP contribution >= 0.6 is 0 Å². The van der Waals surface area contributed by atoms with E-state index in [0.29, 0.717) is 5.56 Å². The van der Waals surface area contributed by atoms with Crippen molar-refractivity contribution in [2.75, 3.05) is 0 Å². The Bertz CT molecular complexity index is 968. The van der Waals surface area contributed by atoms with Gasteiger partial charge in [0, 0.05) is 26.8 Å². The minimum atomic E-state index is -0.681. The molecule has 140 valence electrons. The molecule has 0 saturated carbocycles. The summed E-state index contributed by atoms with van der Waals surface area (Å²) in [6, 6.07) is 6.97. The van der Waals surface area contributed by atoms with Gasteiger partial charge in [-0.2, -0.15) is 0 Å². The van der Waals surface area contributed by atoms with Crippen molar-refractivity contribution in [2.24, 2.45) is 0 Å². The number of esters is 3. The molecule has 27 heavy (non-hydrogen) atoms. The summed E-state index contributed by atoms with van der Waals surface area (Å²) in [5.41, 5.74) is -0.109. The van der Waals surface area contributed by atoms with Crippen molar-refractivity contribution < 1.29 is 33.0 Å². The normalized spacial score (nSPS) is 10.5. The van der Waals surface area contributed by atoms with Crippen LogP contribution in [-0.4, -0.2) is 17.9 Å². The standard InChI is InChI=1S/C19H16O8/c1-11(20)24-16-9-15(27-19(23)10-16)6-4-14-5-7-17(25-12(2)21)18(8-14)26-13(3)22/h4-10H,1-3H3. The van der Waals surface area contributed by atoms with Gasteiger partial charge in [-0.25, -0.2) is 4.79 Å². The molecule has 2 rings (SSSR count). The third-order valence-corrected chi connectivity index (χ3v) is 2.94. The van der Waals surface area contributed by atoms with Crippen molar-refractivity contribution in [3.8, 4) is 17.2 Å². The Kier molecular flexibility index (Phi) is 6.27. The second-order valence-corrected chi connectivity index (χ2v) is 5.33. The van der Waals surface area contributed by atoms with Crippen LogP contribution in [0.25, 0.3) is 12.2 Å². The lowest BCUT2D eigenvalue weighted by Crippen LogP contribution is -2.07. The lowest BCUT2D eigenvalue weighted by molar-refractivity contribution is -0.134. The van der Waals surface area contributed by atoms with Crippen LogP contribution in [0.5, 0.6) is 17.2 Å². The predicted molar refractivity (Wildman–Crippen MR) is 94.3 cm³/mol. The van der Waals surface area contributed by atoms with Gasteiger partial charge in [0.05, 0.1) is 6.07 Å². The maximum atomic E-state index is 11.5. The van der Waals surface area contributed by atoms with Gasteiger partial charge in [-0.3, -0.25) is 14.4 Å². The maximum absolute atomic E-state index is 11.5. The first-order valence-corrected chi connectivity index (χ1v) is 7.75. The van der Waals surface area contributed by atoms with E-state index in [-0.39, 0.29) is 23.0 Å². The fraction of sp³-hybridized carbons (Fsp3) is 0.158. The van der Waals surface area contributed by atoms with Gasteiger partial charge in [-0.15, -0.1) is 0 Å². The van der Waals surface area contributed by atoms with E-state index >= 15 is 0 Å². The molecule has 1 aromatic heterocycles. The first-order chi connectivity index (χ1) is 12.7. The Morgan fingerprint density at radius 1 is 0.815 bits per heavy atom. The number of hydrogen-bond acceptors (Lipinski definition) is 8. The molecule has 0 saturated heterocycles. The van der Waals surface area contributed by atoms with Crippen LogP contribution in [0, 0.1) is 0 Å². The molecule has 0 spiro atoms. The number of benzene rings is 1. The zero-order valence-electron chi connectivity index (χ0n) is 14.8. The summed E-state index contributed by atoms with van der Waals surface area (Å²) in [5.74, 6) is -1.34. The summed E-state index contributed by atoms with van der Waals surface area (Å²) in [6.45, 7) is 3.66. The summed E-state index contributed by atoms with van der Waals surface area (Å²) in [5, 5.41) is 0. The van der Waals surface area contributed by atoms with Crippen LogP contribution in [0.4, 0.5) is 0 Å². The van der Waals surface area contributed by atoms with Gasteiger partial charge in [0.15, 0.2) is 11.5 Å². The molecular formula is C19H16O8. The van der Waals surface area contributed by atoms with Gasteiger partial charge < -0.3 is 18.6 Å². The van der Waals surface area contributed by atoms with E-state index in [1.165, 1.54) is 45.0 Å². The molecule has 0 bridgehead atoms. The number of hydrogen-bond donors (Lipinski definition) is 0. The second kappa shape index (κ2) is 8.61. The monoisotopic (exact) mass is 372 g/mol. The maximum Gasteiger partial charge on any atom is 0.339 e. The zero-order chi connectivity index (χ0) is 20.0. The van der Waals surface area contributed by atoms with Gasteiger partial charge in [0.2, 0.25) is 0 Å². The molecule has 0 fully saturated rings. The van der Waals surface area contributed by atoms with Crippen LogP contribution in [0.1, 0.15) is 32.1 Å². The molecular weight excluding hydrogens is 356 g/mol. The molecule has 0 aliphatic heterocycles. The summed E-state index contributed by atoms with van der Waals surface area (Å²) >= 11 is 0. The largest absolute Gasteiger partial charge is 0.426 e. The van der Waals surface area contributed by atoms with Crippen molar-refractivity contribution in [1.82, 2.24) is 0 Å². The van der Waals surface area contributed by atoms with Gasteiger partial charge >= 0.3 is 23.5 Å². The summed E-state index contributed by atoms with van der Waals surface area (Å²) in [6.07, 6.45) is 3.03. The Balaban J connectivity index is 2.32. The van der Waals surface area contributed by atoms with E-state index in [1.54, 1.807) is 12.1 Å². The number of carbonyl (C=O) groups is 3. The van der Waals surface area contributed by atoms with Crippen LogP contribution in [0.3, 0.4) is 0 Å². The Morgan fingerprint density at radius 3 is 2.07 bits per heavy atom. The number of carbonyl (C=O) groups excluding carboxylic acids is 3. The minimum absolute atomic E-state index is 0.0595.